The maximum absolute atomic E-state index is 5.48. The molecular formula is C18H31N3O. The highest BCUT2D eigenvalue weighted by Crippen LogP contribution is 2.27. The lowest BCUT2D eigenvalue weighted by atomic mass is 10.1. The molecule has 1 fully saturated rings. The molecule has 0 aliphatic carbocycles. The SMILES string of the molecule is COc1nc(N2CCN(CCC(C)C)CC2)ccc1C(C)C. The summed E-state index contributed by atoms with van der Waals surface area (Å²) in [5, 5.41) is 0. The number of methoxy groups -OCH3 is 1. The van der Waals surface area contributed by atoms with Crippen molar-refractivity contribution in [1.29, 1.82) is 0 Å². The van der Waals surface area contributed by atoms with Gasteiger partial charge in [-0.15, -0.1) is 0 Å². The fourth-order valence-electron chi connectivity index (χ4n) is 2.86. The van der Waals surface area contributed by atoms with Crippen molar-refractivity contribution in [2.45, 2.75) is 40.0 Å². The first-order chi connectivity index (χ1) is 10.5. The molecule has 0 N–H and O–H groups in total. The molecule has 1 saturated heterocycles. The molecule has 2 heterocycles. The Balaban J connectivity index is 1.96. The predicted molar refractivity (Wildman–Crippen MR) is 93.0 cm³/mol. The number of hydrogen-bond donors (Lipinski definition) is 0. The third-order valence-electron chi connectivity index (χ3n) is 4.41. The molecular weight excluding hydrogens is 274 g/mol. The number of nitrogens with zero attached hydrogens (tertiary/aromatic N) is 3. The molecule has 1 aromatic rings. The van der Waals surface area contributed by atoms with Crippen LogP contribution >= 0.6 is 0 Å². The molecule has 0 amide bonds. The fraction of sp³-hybridized carbons (Fsp3) is 0.722. The van der Waals surface area contributed by atoms with E-state index >= 15 is 0 Å². The molecule has 2 rings (SSSR count). The predicted octanol–water partition coefficient (Wildman–Crippen LogP) is 3.38. The lowest BCUT2D eigenvalue weighted by Crippen LogP contribution is -2.47. The zero-order chi connectivity index (χ0) is 16.1. The van der Waals surface area contributed by atoms with E-state index in [-0.39, 0.29) is 0 Å². The van der Waals surface area contributed by atoms with Crippen LogP contribution < -0.4 is 9.64 Å². The summed E-state index contributed by atoms with van der Waals surface area (Å²) in [7, 11) is 1.71. The van der Waals surface area contributed by atoms with E-state index in [1.807, 2.05) is 0 Å². The monoisotopic (exact) mass is 305 g/mol. The molecule has 0 bridgehead atoms. The Morgan fingerprint density at radius 3 is 2.32 bits per heavy atom. The number of pyridine rings is 1. The zero-order valence-corrected chi connectivity index (χ0v) is 14.8. The minimum atomic E-state index is 0.435. The van der Waals surface area contributed by atoms with Crippen LogP contribution in [0.1, 0.15) is 45.6 Å². The van der Waals surface area contributed by atoms with Gasteiger partial charge in [0.15, 0.2) is 0 Å². The molecule has 0 unspecified atom stereocenters. The Kier molecular flexibility index (Phi) is 6.07. The summed E-state index contributed by atoms with van der Waals surface area (Å²) >= 11 is 0. The molecule has 4 heteroatoms. The van der Waals surface area contributed by atoms with Crippen LogP contribution in [-0.4, -0.2) is 49.7 Å². The number of anilines is 1. The van der Waals surface area contributed by atoms with Gasteiger partial charge in [0.2, 0.25) is 5.88 Å². The maximum atomic E-state index is 5.48. The minimum Gasteiger partial charge on any atom is -0.481 e. The third-order valence-corrected chi connectivity index (χ3v) is 4.41. The van der Waals surface area contributed by atoms with Gasteiger partial charge in [-0.25, -0.2) is 0 Å². The molecule has 4 nitrogen and oxygen atoms in total. The van der Waals surface area contributed by atoms with Gasteiger partial charge in [0.25, 0.3) is 0 Å². The van der Waals surface area contributed by atoms with E-state index in [0.29, 0.717) is 5.92 Å². The Bertz CT molecular complexity index is 465. The van der Waals surface area contributed by atoms with Gasteiger partial charge in [-0.3, -0.25) is 4.90 Å². The van der Waals surface area contributed by atoms with E-state index in [2.05, 4.69) is 49.6 Å². The average molecular weight is 305 g/mol. The molecule has 1 aliphatic rings. The standard InChI is InChI=1S/C18H31N3O/c1-14(2)8-9-20-10-12-21(13-11-20)17-7-6-16(15(3)4)18(19-17)22-5/h6-7,14-15H,8-13H2,1-5H3. The van der Waals surface area contributed by atoms with Crippen molar-refractivity contribution in [2.24, 2.45) is 5.92 Å². The van der Waals surface area contributed by atoms with Crippen molar-refractivity contribution >= 4 is 5.82 Å². The Morgan fingerprint density at radius 1 is 1.09 bits per heavy atom. The van der Waals surface area contributed by atoms with Crippen LogP contribution in [-0.2, 0) is 0 Å². The van der Waals surface area contributed by atoms with Crippen molar-refractivity contribution in [1.82, 2.24) is 9.88 Å². The first-order valence-corrected chi connectivity index (χ1v) is 8.53. The van der Waals surface area contributed by atoms with E-state index in [1.54, 1.807) is 7.11 Å². The highest BCUT2D eigenvalue weighted by atomic mass is 16.5. The van der Waals surface area contributed by atoms with E-state index in [1.165, 1.54) is 18.5 Å². The van der Waals surface area contributed by atoms with Crippen molar-refractivity contribution in [3.05, 3.63) is 17.7 Å². The van der Waals surface area contributed by atoms with Gasteiger partial charge in [-0.05, 0) is 36.9 Å². The molecule has 22 heavy (non-hydrogen) atoms. The molecule has 1 aromatic heterocycles. The van der Waals surface area contributed by atoms with Crippen LogP contribution in [0, 0.1) is 5.92 Å². The van der Waals surface area contributed by atoms with Crippen LogP contribution in [0.4, 0.5) is 5.82 Å². The summed E-state index contributed by atoms with van der Waals surface area (Å²) < 4.78 is 5.48. The van der Waals surface area contributed by atoms with E-state index in [9.17, 15) is 0 Å². The molecule has 0 aromatic carbocycles. The van der Waals surface area contributed by atoms with E-state index in [0.717, 1.165) is 43.8 Å². The van der Waals surface area contributed by atoms with Gasteiger partial charge in [-0.1, -0.05) is 27.7 Å². The second-order valence-corrected chi connectivity index (χ2v) is 6.93. The number of hydrogen-bond acceptors (Lipinski definition) is 4. The van der Waals surface area contributed by atoms with Crippen LogP contribution in [0.15, 0.2) is 12.1 Å². The molecule has 1 aliphatic heterocycles. The second-order valence-electron chi connectivity index (χ2n) is 6.93. The average Bonchev–Trinajstić information content (AvgIpc) is 2.52. The molecule has 124 valence electrons. The normalized spacial score (nSPS) is 16.6. The van der Waals surface area contributed by atoms with Crippen LogP contribution in [0.3, 0.4) is 0 Å². The number of rotatable bonds is 6. The number of aromatic nitrogens is 1. The first-order valence-electron chi connectivity index (χ1n) is 8.53. The van der Waals surface area contributed by atoms with Gasteiger partial charge in [0.05, 0.1) is 7.11 Å². The second kappa shape index (κ2) is 7.82. The molecule has 0 atom stereocenters. The smallest absolute Gasteiger partial charge is 0.218 e. The molecule has 0 radical (unpaired) electrons. The maximum Gasteiger partial charge on any atom is 0.218 e. The van der Waals surface area contributed by atoms with E-state index in [4.69, 9.17) is 9.72 Å². The van der Waals surface area contributed by atoms with Crippen molar-refractivity contribution in [2.75, 3.05) is 44.7 Å². The van der Waals surface area contributed by atoms with Crippen LogP contribution in [0.2, 0.25) is 0 Å². The molecule has 0 spiro atoms. The summed E-state index contributed by atoms with van der Waals surface area (Å²) in [4.78, 5) is 9.66. The Morgan fingerprint density at radius 2 is 1.77 bits per heavy atom. The highest BCUT2D eigenvalue weighted by Gasteiger charge is 2.19. The van der Waals surface area contributed by atoms with Crippen LogP contribution in [0.25, 0.3) is 0 Å². The van der Waals surface area contributed by atoms with Crippen molar-refractivity contribution < 1.29 is 4.74 Å². The summed E-state index contributed by atoms with van der Waals surface area (Å²) in [5.41, 5.74) is 1.18. The lowest BCUT2D eigenvalue weighted by molar-refractivity contribution is 0.243. The summed E-state index contributed by atoms with van der Waals surface area (Å²) in [5.74, 6) is 3.04. The van der Waals surface area contributed by atoms with Crippen molar-refractivity contribution in [3.63, 3.8) is 0 Å². The minimum absolute atomic E-state index is 0.435. The summed E-state index contributed by atoms with van der Waals surface area (Å²) in [6.07, 6.45) is 1.29. The third kappa shape index (κ3) is 4.35. The van der Waals surface area contributed by atoms with E-state index < -0.39 is 0 Å². The highest BCUT2D eigenvalue weighted by molar-refractivity contribution is 5.45. The lowest BCUT2D eigenvalue weighted by Gasteiger charge is -2.35. The van der Waals surface area contributed by atoms with Gasteiger partial charge in [-0.2, -0.15) is 4.98 Å². The largest absolute Gasteiger partial charge is 0.481 e. The van der Waals surface area contributed by atoms with Crippen LogP contribution in [0.5, 0.6) is 5.88 Å². The summed E-state index contributed by atoms with van der Waals surface area (Å²) in [6.45, 7) is 14.5. The van der Waals surface area contributed by atoms with Gasteiger partial charge in [0.1, 0.15) is 5.82 Å². The van der Waals surface area contributed by atoms with Crippen molar-refractivity contribution in [3.8, 4) is 5.88 Å². The molecule has 0 saturated carbocycles. The van der Waals surface area contributed by atoms with Gasteiger partial charge < -0.3 is 9.64 Å². The van der Waals surface area contributed by atoms with Gasteiger partial charge >= 0.3 is 0 Å². The zero-order valence-electron chi connectivity index (χ0n) is 14.8. The Hall–Kier alpha value is -1.29. The summed E-state index contributed by atoms with van der Waals surface area (Å²) in [6, 6.07) is 4.30. The Labute approximate surface area is 135 Å². The number of piperazine rings is 1. The quantitative estimate of drug-likeness (QED) is 0.805. The fourth-order valence-corrected chi connectivity index (χ4v) is 2.86. The first kappa shape index (κ1) is 17.1. The number of ether oxygens (including phenoxy) is 1. The van der Waals surface area contributed by atoms with Gasteiger partial charge in [0, 0.05) is 31.7 Å². The topological polar surface area (TPSA) is 28.6 Å².